The number of methoxy groups -OCH3 is 1. The van der Waals surface area contributed by atoms with Crippen molar-refractivity contribution in [2.75, 3.05) is 37.0 Å². The highest BCUT2D eigenvalue weighted by Gasteiger charge is 2.23. The predicted octanol–water partition coefficient (Wildman–Crippen LogP) is 3.23. The summed E-state index contributed by atoms with van der Waals surface area (Å²) in [5.41, 5.74) is 1.48. The summed E-state index contributed by atoms with van der Waals surface area (Å²) < 4.78 is 4.88. The van der Waals surface area contributed by atoms with Gasteiger partial charge in [0.25, 0.3) is 0 Å². The highest BCUT2D eigenvalue weighted by molar-refractivity contribution is 7.99. The molecule has 0 spiro atoms. The van der Waals surface area contributed by atoms with Gasteiger partial charge in [0.1, 0.15) is 9.71 Å². The number of thiophene rings is 1. The Morgan fingerprint density at radius 3 is 2.69 bits per heavy atom. The van der Waals surface area contributed by atoms with E-state index >= 15 is 0 Å². The van der Waals surface area contributed by atoms with Gasteiger partial charge >= 0.3 is 5.97 Å². The van der Waals surface area contributed by atoms with Crippen molar-refractivity contribution < 1.29 is 14.3 Å². The molecule has 2 aromatic rings. The van der Waals surface area contributed by atoms with Crippen LogP contribution in [0.4, 0.5) is 5.69 Å². The number of rotatable bonds is 5. The van der Waals surface area contributed by atoms with Crippen molar-refractivity contribution >= 4 is 50.9 Å². The van der Waals surface area contributed by atoms with Gasteiger partial charge in [0, 0.05) is 42.4 Å². The molecule has 26 heavy (non-hydrogen) atoms. The molecule has 1 N–H and O–H groups in total. The quantitative estimate of drug-likeness (QED) is 0.787. The highest BCUT2D eigenvalue weighted by atomic mass is 32.2. The molecular formula is C18H23N3O3S2. The third-order valence-electron chi connectivity index (χ3n) is 4.25. The molecule has 6 nitrogen and oxygen atoms in total. The first-order chi connectivity index (χ1) is 12.5. The lowest BCUT2D eigenvalue weighted by Gasteiger charge is -2.25. The molecule has 3 rings (SSSR count). The number of nitrogens with one attached hydrogen (secondary N) is 1. The molecule has 8 heteroatoms. The second kappa shape index (κ2) is 8.37. The van der Waals surface area contributed by atoms with Crippen molar-refractivity contribution in [3.63, 3.8) is 0 Å². The average Bonchev–Trinajstić information content (AvgIpc) is 2.99. The van der Waals surface area contributed by atoms with E-state index in [1.165, 1.54) is 18.4 Å². The second-order valence-electron chi connectivity index (χ2n) is 6.49. The maximum Gasteiger partial charge on any atom is 0.350 e. The van der Waals surface area contributed by atoms with Crippen LogP contribution in [0.1, 0.15) is 29.2 Å². The van der Waals surface area contributed by atoms with E-state index in [1.807, 2.05) is 37.7 Å². The zero-order valence-corrected chi connectivity index (χ0v) is 16.8. The van der Waals surface area contributed by atoms with Gasteiger partial charge < -0.3 is 10.1 Å². The number of hydrogen-bond donors (Lipinski definition) is 1. The SMILES string of the molecule is COC(=O)c1sc2nc(CN3CCSCC3)ccc2c1NC(=O)C(C)C. The third-order valence-corrected chi connectivity index (χ3v) is 6.27. The van der Waals surface area contributed by atoms with Gasteiger partial charge in [-0.05, 0) is 12.1 Å². The first kappa shape index (κ1) is 19.1. The number of amides is 1. The Labute approximate surface area is 161 Å². The average molecular weight is 394 g/mol. The topological polar surface area (TPSA) is 71.5 Å². The van der Waals surface area contributed by atoms with Crippen LogP contribution in [0.5, 0.6) is 0 Å². The van der Waals surface area contributed by atoms with Crippen molar-refractivity contribution in [2.45, 2.75) is 20.4 Å². The van der Waals surface area contributed by atoms with Gasteiger partial charge in [-0.15, -0.1) is 11.3 Å². The smallest absolute Gasteiger partial charge is 0.350 e. The van der Waals surface area contributed by atoms with E-state index in [9.17, 15) is 9.59 Å². The van der Waals surface area contributed by atoms with Crippen molar-refractivity contribution in [3.05, 3.63) is 22.7 Å². The fraction of sp³-hybridized carbons (Fsp3) is 0.500. The molecule has 0 aliphatic carbocycles. The minimum Gasteiger partial charge on any atom is -0.465 e. The number of thioether (sulfide) groups is 1. The van der Waals surface area contributed by atoms with Crippen LogP contribution < -0.4 is 5.32 Å². The van der Waals surface area contributed by atoms with Gasteiger partial charge in [0.15, 0.2) is 0 Å². The summed E-state index contributed by atoms with van der Waals surface area (Å²) in [5.74, 6) is 1.53. The number of esters is 1. The van der Waals surface area contributed by atoms with Gasteiger partial charge in [-0.2, -0.15) is 11.8 Å². The summed E-state index contributed by atoms with van der Waals surface area (Å²) in [7, 11) is 1.34. The Bertz CT molecular complexity index is 813. The van der Waals surface area contributed by atoms with Gasteiger partial charge in [0.05, 0.1) is 18.5 Å². The molecule has 0 bridgehead atoms. The maximum atomic E-state index is 12.2. The summed E-state index contributed by atoms with van der Waals surface area (Å²) in [5, 5.41) is 3.65. The minimum atomic E-state index is -0.457. The number of anilines is 1. The van der Waals surface area contributed by atoms with E-state index in [4.69, 9.17) is 9.72 Å². The van der Waals surface area contributed by atoms with Gasteiger partial charge in [-0.3, -0.25) is 9.69 Å². The fourth-order valence-corrected chi connectivity index (χ4v) is 4.77. The first-order valence-corrected chi connectivity index (χ1v) is 10.6. The Morgan fingerprint density at radius 1 is 1.31 bits per heavy atom. The molecule has 1 fully saturated rings. The molecule has 1 aliphatic heterocycles. The van der Waals surface area contributed by atoms with Crippen LogP contribution >= 0.6 is 23.1 Å². The Balaban J connectivity index is 1.93. The third kappa shape index (κ3) is 4.19. The lowest BCUT2D eigenvalue weighted by Crippen LogP contribution is -2.32. The fourth-order valence-electron chi connectivity index (χ4n) is 2.72. The van der Waals surface area contributed by atoms with Crippen molar-refractivity contribution in [1.29, 1.82) is 0 Å². The highest BCUT2D eigenvalue weighted by Crippen LogP contribution is 2.36. The molecule has 0 radical (unpaired) electrons. The number of nitrogens with zero attached hydrogens (tertiary/aromatic N) is 2. The molecule has 0 atom stereocenters. The summed E-state index contributed by atoms with van der Waals surface area (Å²) in [6.07, 6.45) is 0. The molecule has 1 amide bonds. The van der Waals surface area contributed by atoms with E-state index in [0.29, 0.717) is 10.6 Å². The number of carbonyl (C=O) groups excluding carboxylic acids is 2. The van der Waals surface area contributed by atoms with Crippen LogP contribution in [-0.4, -0.2) is 53.5 Å². The van der Waals surface area contributed by atoms with Crippen LogP contribution in [0.15, 0.2) is 12.1 Å². The van der Waals surface area contributed by atoms with Gasteiger partial charge in [0.2, 0.25) is 5.91 Å². The van der Waals surface area contributed by atoms with Crippen molar-refractivity contribution in [3.8, 4) is 0 Å². The first-order valence-electron chi connectivity index (χ1n) is 8.61. The lowest BCUT2D eigenvalue weighted by atomic mass is 10.2. The van der Waals surface area contributed by atoms with E-state index < -0.39 is 5.97 Å². The van der Waals surface area contributed by atoms with E-state index in [2.05, 4.69) is 10.2 Å². The van der Waals surface area contributed by atoms with Crippen LogP contribution in [0.2, 0.25) is 0 Å². The van der Waals surface area contributed by atoms with Gasteiger partial charge in [-0.25, -0.2) is 9.78 Å². The summed E-state index contributed by atoms with van der Waals surface area (Å²) in [6, 6.07) is 3.91. The van der Waals surface area contributed by atoms with Crippen LogP contribution in [0.25, 0.3) is 10.2 Å². The molecule has 2 aromatic heterocycles. The van der Waals surface area contributed by atoms with Gasteiger partial charge in [-0.1, -0.05) is 13.8 Å². The Kier molecular flexibility index (Phi) is 6.16. The summed E-state index contributed by atoms with van der Waals surface area (Å²) >= 11 is 3.24. The number of fused-ring (bicyclic) bond motifs is 1. The zero-order chi connectivity index (χ0) is 18.7. The summed E-state index contributed by atoms with van der Waals surface area (Å²) in [4.78, 5) is 32.6. The number of hydrogen-bond acceptors (Lipinski definition) is 7. The van der Waals surface area contributed by atoms with Crippen LogP contribution in [-0.2, 0) is 16.1 Å². The number of pyridine rings is 1. The van der Waals surface area contributed by atoms with Crippen LogP contribution in [0.3, 0.4) is 0 Å². The number of ether oxygens (including phenoxy) is 1. The monoisotopic (exact) mass is 393 g/mol. The Hall–Kier alpha value is -1.64. The Morgan fingerprint density at radius 2 is 2.04 bits per heavy atom. The standard InChI is InChI=1S/C18H23N3O3S2/c1-11(2)16(22)20-14-13-5-4-12(10-21-6-8-25-9-7-21)19-17(13)26-15(14)18(23)24-3/h4-5,11H,6-10H2,1-3H3,(H,20,22). The van der Waals surface area contributed by atoms with Crippen molar-refractivity contribution in [1.82, 2.24) is 9.88 Å². The molecule has 0 saturated carbocycles. The second-order valence-corrected chi connectivity index (χ2v) is 8.71. The molecule has 3 heterocycles. The zero-order valence-electron chi connectivity index (χ0n) is 15.2. The molecular weight excluding hydrogens is 370 g/mol. The minimum absolute atomic E-state index is 0.134. The molecule has 1 saturated heterocycles. The molecule has 0 unspecified atom stereocenters. The summed E-state index contributed by atoms with van der Waals surface area (Å²) in [6.45, 7) is 6.56. The maximum absolute atomic E-state index is 12.2. The van der Waals surface area contributed by atoms with Crippen LogP contribution in [0, 0.1) is 5.92 Å². The number of aromatic nitrogens is 1. The number of carbonyl (C=O) groups is 2. The van der Waals surface area contributed by atoms with E-state index in [1.54, 1.807) is 0 Å². The largest absolute Gasteiger partial charge is 0.465 e. The normalized spacial score (nSPS) is 15.4. The molecule has 140 valence electrons. The van der Waals surface area contributed by atoms with E-state index in [0.717, 1.165) is 47.1 Å². The molecule has 0 aromatic carbocycles. The predicted molar refractivity (Wildman–Crippen MR) is 107 cm³/mol. The lowest BCUT2D eigenvalue weighted by molar-refractivity contribution is -0.118. The van der Waals surface area contributed by atoms with E-state index in [-0.39, 0.29) is 11.8 Å². The molecule has 1 aliphatic rings. The van der Waals surface area contributed by atoms with Crippen molar-refractivity contribution in [2.24, 2.45) is 5.92 Å².